The lowest BCUT2D eigenvalue weighted by Crippen LogP contribution is -2.23. The van der Waals surface area contributed by atoms with Crippen molar-refractivity contribution < 1.29 is 0 Å². The number of rotatable bonds is 7. The zero-order chi connectivity index (χ0) is 12.7. The zero-order valence-corrected chi connectivity index (χ0v) is 11.8. The predicted octanol–water partition coefficient (Wildman–Crippen LogP) is 3.69. The third-order valence-corrected chi connectivity index (χ3v) is 3.28. The fourth-order valence-corrected chi connectivity index (χ4v) is 2.13. The number of halogens is 1. The SMILES string of the molecule is CCCCN(CC)c1ccc(CNC)c(Cl)c1. The number of benzene rings is 1. The van der Waals surface area contributed by atoms with Crippen LogP contribution < -0.4 is 10.2 Å². The Balaban J connectivity index is 2.79. The topological polar surface area (TPSA) is 15.3 Å². The largest absolute Gasteiger partial charge is 0.372 e. The summed E-state index contributed by atoms with van der Waals surface area (Å²) >= 11 is 6.28. The Labute approximate surface area is 110 Å². The van der Waals surface area contributed by atoms with E-state index in [-0.39, 0.29) is 0 Å². The van der Waals surface area contributed by atoms with Gasteiger partial charge in [0.2, 0.25) is 0 Å². The Morgan fingerprint density at radius 3 is 2.59 bits per heavy atom. The summed E-state index contributed by atoms with van der Waals surface area (Å²) in [5, 5.41) is 3.98. The molecule has 0 saturated heterocycles. The van der Waals surface area contributed by atoms with Crippen LogP contribution in [0.15, 0.2) is 18.2 Å². The van der Waals surface area contributed by atoms with Crippen molar-refractivity contribution in [1.29, 1.82) is 0 Å². The van der Waals surface area contributed by atoms with Crippen LogP contribution in [-0.2, 0) is 6.54 Å². The van der Waals surface area contributed by atoms with Gasteiger partial charge in [-0.05, 0) is 38.1 Å². The van der Waals surface area contributed by atoms with Crippen molar-refractivity contribution in [2.24, 2.45) is 0 Å². The molecule has 96 valence electrons. The first-order chi connectivity index (χ1) is 8.22. The van der Waals surface area contributed by atoms with Gasteiger partial charge in [-0.1, -0.05) is 31.0 Å². The van der Waals surface area contributed by atoms with E-state index in [9.17, 15) is 0 Å². The van der Waals surface area contributed by atoms with Crippen molar-refractivity contribution in [3.05, 3.63) is 28.8 Å². The van der Waals surface area contributed by atoms with E-state index in [0.29, 0.717) is 0 Å². The zero-order valence-electron chi connectivity index (χ0n) is 11.1. The fraction of sp³-hybridized carbons (Fsp3) is 0.571. The number of anilines is 1. The number of nitrogens with zero attached hydrogens (tertiary/aromatic N) is 1. The van der Waals surface area contributed by atoms with Gasteiger partial charge in [-0.2, -0.15) is 0 Å². The quantitative estimate of drug-likeness (QED) is 0.799. The Hall–Kier alpha value is -0.730. The molecule has 0 heterocycles. The van der Waals surface area contributed by atoms with Gasteiger partial charge in [0.1, 0.15) is 0 Å². The lowest BCUT2D eigenvalue weighted by atomic mass is 10.2. The van der Waals surface area contributed by atoms with Crippen LogP contribution in [0, 0.1) is 0 Å². The molecule has 3 heteroatoms. The monoisotopic (exact) mass is 254 g/mol. The summed E-state index contributed by atoms with van der Waals surface area (Å²) in [4.78, 5) is 2.37. The Morgan fingerprint density at radius 2 is 2.06 bits per heavy atom. The van der Waals surface area contributed by atoms with Crippen molar-refractivity contribution in [3.63, 3.8) is 0 Å². The van der Waals surface area contributed by atoms with Crippen LogP contribution in [0.2, 0.25) is 5.02 Å². The van der Waals surface area contributed by atoms with Gasteiger partial charge in [0, 0.05) is 30.3 Å². The lowest BCUT2D eigenvalue weighted by molar-refractivity contribution is 0.731. The van der Waals surface area contributed by atoms with E-state index < -0.39 is 0 Å². The molecule has 0 saturated carbocycles. The second-order valence-corrected chi connectivity index (χ2v) is 4.65. The highest BCUT2D eigenvalue weighted by Gasteiger charge is 2.06. The Bertz CT molecular complexity index is 339. The van der Waals surface area contributed by atoms with E-state index >= 15 is 0 Å². The molecule has 0 radical (unpaired) electrons. The van der Waals surface area contributed by atoms with E-state index in [0.717, 1.165) is 30.2 Å². The molecule has 0 atom stereocenters. The molecule has 0 spiro atoms. The molecule has 1 aromatic carbocycles. The first-order valence-corrected chi connectivity index (χ1v) is 6.78. The molecule has 0 fully saturated rings. The third kappa shape index (κ3) is 4.21. The second kappa shape index (κ2) is 7.57. The van der Waals surface area contributed by atoms with Gasteiger partial charge in [-0.25, -0.2) is 0 Å². The maximum Gasteiger partial charge on any atom is 0.0471 e. The fourth-order valence-electron chi connectivity index (χ4n) is 1.89. The number of hydrogen-bond acceptors (Lipinski definition) is 2. The molecule has 17 heavy (non-hydrogen) atoms. The summed E-state index contributed by atoms with van der Waals surface area (Å²) in [6.45, 7) is 7.36. The van der Waals surface area contributed by atoms with Crippen LogP contribution in [0.4, 0.5) is 5.69 Å². The molecule has 0 unspecified atom stereocenters. The molecule has 0 aliphatic carbocycles. The molecule has 0 aromatic heterocycles. The van der Waals surface area contributed by atoms with E-state index in [2.05, 4.69) is 42.3 Å². The van der Waals surface area contributed by atoms with E-state index in [1.807, 2.05) is 7.05 Å². The molecular weight excluding hydrogens is 232 g/mol. The predicted molar refractivity (Wildman–Crippen MR) is 77.0 cm³/mol. The molecule has 1 N–H and O–H groups in total. The van der Waals surface area contributed by atoms with Crippen LogP contribution >= 0.6 is 11.6 Å². The number of nitrogens with one attached hydrogen (secondary N) is 1. The molecular formula is C14H23ClN2. The van der Waals surface area contributed by atoms with Crippen molar-refractivity contribution in [2.75, 3.05) is 25.0 Å². The van der Waals surface area contributed by atoms with Gasteiger partial charge in [-0.15, -0.1) is 0 Å². The summed E-state index contributed by atoms with van der Waals surface area (Å²) in [6.07, 6.45) is 2.45. The minimum atomic E-state index is 0.820. The van der Waals surface area contributed by atoms with Gasteiger partial charge in [0.15, 0.2) is 0 Å². The van der Waals surface area contributed by atoms with Crippen LogP contribution in [0.25, 0.3) is 0 Å². The van der Waals surface area contributed by atoms with Crippen molar-refractivity contribution in [1.82, 2.24) is 5.32 Å². The summed E-state index contributed by atoms with van der Waals surface area (Å²) in [5.74, 6) is 0. The summed E-state index contributed by atoms with van der Waals surface area (Å²) in [5.41, 5.74) is 2.38. The average molecular weight is 255 g/mol. The van der Waals surface area contributed by atoms with Gasteiger partial charge in [0.25, 0.3) is 0 Å². The first-order valence-electron chi connectivity index (χ1n) is 6.40. The highest BCUT2D eigenvalue weighted by Crippen LogP contribution is 2.24. The second-order valence-electron chi connectivity index (χ2n) is 4.24. The van der Waals surface area contributed by atoms with Gasteiger partial charge in [0.05, 0.1) is 0 Å². The molecule has 0 aliphatic heterocycles. The Kier molecular flexibility index (Phi) is 6.38. The van der Waals surface area contributed by atoms with Crippen molar-refractivity contribution >= 4 is 17.3 Å². The first kappa shape index (κ1) is 14.3. The molecule has 0 aliphatic rings. The lowest BCUT2D eigenvalue weighted by Gasteiger charge is -2.23. The normalized spacial score (nSPS) is 10.6. The van der Waals surface area contributed by atoms with Crippen molar-refractivity contribution in [3.8, 4) is 0 Å². The Morgan fingerprint density at radius 1 is 1.29 bits per heavy atom. The smallest absolute Gasteiger partial charge is 0.0471 e. The minimum Gasteiger partial charge on any atom is -0.372 e. The summed E-state index contributed by atoms with van der Waals surface area (Å²) < 4.78 is 0. The van der Waals surface area contributed by atoms with Crippen LogP contribution in [0.1, 0.15) is 32.3 Å². The highest BCUT2D eigenvalue weighted by molar-refractivity contribution is 6.31. The summed E-state index contributed by atoms with van der Waals surface area (Å²) in [7, 11) is 1.93. The molecule has 0 amide bonds. The van der Waals surface area contributed by atoms with Gasteiger partial charge >= 0.3 is 0 Å². The van der Waals surface area contributed by atoms with Gasteiger partial charge in [-0.3, -0.25) is 0 Å². The number of hydrogen-bond donors (Lipinski definition) is 1. The van der Waals surface area contributed by atoms with E-state index in [4.69, 9.17) is 11.6 Å². The standard InChI is InChI=1S/C14H23ClN2/c1-4-6-9-17(5-2)13-8-7-12(11-16-3)14(15)10-13/h7-8,10,16H,4-6,9,11H2,1-3H3. The van der Waals surface area contributed by atoms with Gasteiger partial charge < -0.3 is 10.2 Å². The maximum absolute atomic E-state index is 6.28. The highest BCUT2D eigenvalue weighted by atomic mass is 35.5. The van der Waals surface area contributed by atoms with Crippen molar-refractivity contribution in [2.45, 2.75) is 33.2 Å². The molecule has 1 rings (SSSR count). The molecule has 0 bridgehead atoms. The molecule has 2 nitrogen and oxygen atoms in total. The van der Waals surface area contributed by atoms with Crippen LogP contribution in [0.3, 0.4) is 0 Å². The van der Waals surface area contributed by atoms with E-state index in [1.54, 1.807) is 0 Å². The van der Waals surface area contributed by atoms with Crippen LogP contribution in [0.5, 0.6) is 0 Å². The maximum atomic E-state index is 6.28. The number of unbranched alkanes of at least 4 members (excludes halogenated alkanes) is 1. The van der Waals surface area contributed by atoms with Crippen LogP contribution in [-0.4, -0.2) is 20.1 Å². The van der Waals surface area contributed by atoms with E-state index in [1.165, 1.54) is 18.5 Å². The third-order valence-electron chi connectivity index (χ3n) is 2.93. The minimum absolute atomic E-state index is 0.820. The average Bonchev–Trinajstić information content (AvgIpc) is 2.33. The molecule has 1 aromatic rings. The summed E-state index contributed by atoms with van der Waals surface area (Å²) in [6, 6.07) is 6.36.